The van der Waals surface area contributed by atoms with Crippen molar-refractivity contribution < 1.29 is 17.9 Å². The second-order valence-electron chi connectivity index (χ2n) is 4.08. The van der Waals surface area contributed by atoms with Crippen molar-refractivity contribution in [3.63, 3.8) is 0 Å². The number of esters is 1. The SMILES string of the molecule is COC(=O)C1CCCCN1S(=O)(=O)c1cnc(Cl)s1. The van der Waals surface area contributed by atoms with E-state index in [1.807, 2.05) is 0 Å². The molecule has 106 valence electrons. The number of rotatable bonds is 3. The van der Waals surface area contributed by atoms with Crippen LogP contribution in [0.3, 0.4) is 0 Å². The minimum absolute atomic E-state index is 0.0494. The Hall–Kier alpha value is -0.700. The summed E-state index contributed by atoms with van der Waals surface area (Å²) in [6.07, 6.45) is 3.21. The predicted octanol–water partition coefficient (Wildman–Crippen LogP) is 1.51. The summed E-state index contributed by atoms with van der Waals surface area (Å²) in [7, 11) is -2.49. The number of hydrogen-bond donors (Lipinski definition) is 0. The molecule has 1 aromatic heterocycles. The van der Waals surface area contributed by atoms with Gasteiger partial charge in [0.05, 0.1) is 13.3 Å². The van der Waals surface area contributed by atoms with Crippen LogP contribution in [-0.4, -0.2) is 43.4 Å². The fraction of sp³-hybridized carbons (Fsp3) is 0.600. The number of carbonyl (C=O) groups is 1. The first-order valence-corrected chi connectivity index (χ1v) is 8.31. The van der Waals surface area contributed by atoms with Crippen LogP contribution in [0.15, 0.2) is 10.4 Å². The smallest absolute Gasteiger partial charge is 0.324 e. The van der Waals surface area contributed by atoms with Crippen molar-refractivity contribution in [2.45, 2.75) is 29.5 Å². The molecule has 2 heterocycles. The third kappa shape index (κ3) is 2.91. The highest BCUT2D eigenvalue weighted by Gasteiger charge is 2.39. The van der Waals surface area contributed by atoms with Gasteiger partial charge < -0.3 is 4.74 Å². The zero-order valence-corrected chi connectivity index (χ0v) is 12.6. The first kappa shape index (κ1) is 14.7. The molecule has 9 heteroatoms. The maximum Gasteiger partial charge on any atom is 0.324 e. The van der Waals surface area contributed by atoms with E-state index in [1.165, 1.54) is 17.6 Å². The Labute approximate surface area is 120 Å². The van der Waals surface area contributed by atoms with Gasteiger partial charge in [-0.15, -0.1) is 0 Å². The molecule has 0 saturated carbocycles. The number of hydrogen-bond acceptors (Lipinski definition) is 6. The van der Waals surface area contributed by atoms with Crippen molar-refractivity contribution in [1.29, 1.82) is 0 Å². The molecule has 0 bridgehead atoms. The topological polar surface area (TPSA) is 76.6 Å². The van der Waals surface area contributed by atoms with Crippen LogP contribution in [0.5, 0.6) is 0 Å². The van der Waals surface area contributed by atoms with E-state index in [-0.39, 0.29) is 8.68 Å². The second kappa shape index (κ2) is 5.74. The number of piperidine rings is 1. The maximum absolute atomic E-state index is 12.5. The molecule has 1 fully saturated rings. The summed E-state index contributed by atoms with van der Waals surface area (Å²) in [6.45, 7) is 0.303. The molecule has 1 saturated heterocycles. The number of methoxy groups -OCH3 is 1. The maximum atomic E-state index is 12.5. The molecule has 0 N–H and O–H groups in total. The van der Waals surface area contributed by atoms with Crippen molar-refractivity contribution >= 4 is 38.9 Å². The Morgan fingerprint density at radius 2 is 2.32 bits per heavy atom. The minimum Gasteiger partial charge on any atom is -0.468 e. The van der Waals surface area contributed by atoms with Gasteiger partial charge in [-0.1, -0.05) is 22.9 Å². The lowest BCUT2D eigenvalue weighted by atomic mass is 10.1. The van der Waals surface area contributed by atoms with Crippen LogP contribution in [0, 0.1) is 0 Å². The Morgan fingerprint density at radius 3 is 2.89 bits per heavy atom. The molecular formula is C10H13ClN2O4S2. The molecule has 0 spiro atoms. The fourth-order valence-electron chi connectivity index (χ4n) is 2.04. The molecule has 1 aliphatic rings. The first-order chi connectivity index (χ1) is 8.96. The summed E-state index contributed by atoms with van der Waals surface area (Å²) >= 11 is 6.55. The van der Waals surface area contributed by atoms with Crippen molar-refractivity contribution in [3.8, 4) is 0 Å². The number of sulfonamides is 1. The van der Waals surface area contributed by atoms with Crippen LogP contribution in [0.2, 0.25) is 4.47 Å². The van der Waals surface area contributed by atoms with Crippen LogP contribution in [0.25, 0.3) is 0 Å². The summed E-state index contributed by atoms with van der Waals surface area (Å²) in [4.78, 5) is 15.4. The van der Waals surface area contributed by atoms with Gasteiger partial charge in [-0.3, -0.25) is 4.79 Å². The minimum atomic E-state index is -3.74. The van der Waals surface area contributed by atoms with Gasteiger partial charge in [-0.2, -0.15) is 4.31 Å². The molecule has 0 aliphatic carbocycles. The summed E-state index contributed by atoms with van der Waals surface area (Å²) in [5.41, 5.74) is 0. The van der Waals surface area contributed by atoms with Gasteiger partial charge in [-0.05, 0) is 19.3 Å². The number of nitrogens with zero attached hydrogens (tertiary/aromatic N) is 2. The van der Waals surface area contributed by atoms with E-state index in [9.17, 15) is 13.2 Å². The van der Waals surface area contributed by atoms with Gasteiger partial charge in [0.25, 0.3) is 10.0 Å². The highest BCUT2D eigenvalue weighted by molar-refractivity contribution is 7.91. The van der Waals surface area contributed by atoms with E-state index in [4.69, 9.17) is 11.6 Å². The Balaban J connectivity index is 2.34. The number of thiazole rings is 1. The molecule has 0 amide bonds. The van der Waals surface area contributed by atoms with Crippen LogP contribution in [0.1, 0.15) is 19.3 Å². The third-order valence-corrected chi connectivity index (χ3v) is 6.41. The molecule has 1 atom stereocenters. The fourth-order valence-corrected chi connectivity index (χ4v) is 5.11. The van der Waals surface area contributed by atoms with Crippen molar-refractivity contribution in [3.05, 3.63) is 10.7 Å². The van der Waals surface area contributed by atoms with E-state index in [1.54, 1.807) is 0 Å². The zero-order valence-electron chi connectivity index (χ0n) is 10.2. The summed E-state index contributed by atoms with van der Waals surface area (Å²) in [6, 6.07) is -0.760. The average Bonchev–Trinajstić information content (AvgIpc) is 2.85. The molecule has 1 unspecified atom stereocenters. The van der Waals surface area contributed by atoms with E-state index in [0.717, 1.165) is 24.2 Å². The highest BCUT2D eigenvalue weighted by atomic mass is 35.5. The Morgan fingerprint density at radius 1 is 1.58 bits per heavy atom. The molecule has 1 aromatic rings. The summed E-state index contributed by atoms with van der Waals surface area (Å²) < 4.78 is 31.0. The summed E-state index contributed by atoms with van der Waals surface area (Å²) in [5.74, 6) is -0.529. The molecular weight excluding hydrogens is 312 g/mol. The standard InChI is InChI=1S/C10H13ClN2O4S2/c1-17-9(14)7-4-2-3-5-13(7)19(15,16)8-6-12-10(11)18-8/h6-7H,2-5H2,1H3. The lowest BCUT2D eigenvalue weighted by Gasteiger charge is -2.32. The van der Waals surface area contributed by atoms with Gasteiger partial charge in [-0.25, -0.2) is 13.4 Å². The van der Waals surface area contributed by atoms with Gasteiger partial charge in [0.2, 0.25) is 0 Å². The largest absolute Gasteiger partial charge is 0.468 e. The van der Waals surface area contributed by atoms with Gasteiger partial charge in [0.1, 0.15) is 6.04 Å². The zero-order chi connectivity index (χ0) is 14.0. The van der Waals surface area contributed by atoms with E-state index >= 15 is 0 Å². The van der Waals surface area contributed by atoms with Crippen molar-refractivity contribution in [2.24, 2.45) is 0 Å². The Bertz CT molecular complexity index is 572. The predicted molar refractivity (Wildman–Crippen MR) is 70.7 cm³/mol. The molecule has 6 nitrogen and oxygen atoms in total. The van der Waals surface area contributed by atoms with Crippen molar-refractivity contribution in [1.82, 2.24) is 9.29 Å². The lowest BCUT2D eigenvalue weighted by Crippen LogP contribution is -2.48. The van der Waals surface area contributed by atoms with Crippen molar-refractivity contribution in [2.75, 3.05) is 13.7 Å². The molecule has 19 heavy (non-hydrogen) atoms. The normalized spacial score (nSPS) is 21.3. The van der Waals surface area contributed by atoms with E-state index in [0.29, 0.717) is 13.0 Å². The molecule has 0 aromatic carbocycles. The monoisotopic (exact) mass is 324 g/mol. The summed E-state index contributed by atoms with van der Waals surface area (Å²) in [5, 5.41) is 0. The number of ether oxygens (including phenoxy) is 1. The number of aromatic nitrogens is 1. The quantitative estimate of drug-likeness (QED) is 0.788. The van der Waals surface area contributed by atoms with Crippen LogP contribution >= 0.6 is 22.9 Å². The third-order valence-electron chi connectivity index (χ3n) is 2.95. The molecule has 2 rings (SSSR count). The van der Waals surface area contributed by atoms with Gasteiger partial charge in [0.15, 0.2) is 8.68 Å². The van der Waals surface area contributed by atoms with Crippen LogP contribution < -0.4 is 0 Å². The Kier molecular flexibility index (Phi) is 4.44. The average molecular weight is 325 g/mol. The molecule has 0 radical (unpaired) electrons. The first-order valence-electron chi connectivity index (χ1n) is 5.68. The van der Waals surface area contributed by atoms with E-state index < -0.39 is 22.0 Å². The number of carbonyl (C=O) groups excluding carboxylic acids is 1. The molecule has 1 aliphatic heterocycles. The van der Waals surface area contributed by atoms with Gasteiger partial charge in [0, 0.05) is 6.54 Å². The number of halogens is 1. The second-order valence-corrected chi connectivity index (χ2v) is 7.81. The van der Waals surface area contributed by atoms with Crippen LogP contribution in [0.4, 0.5) is 0 Å². The van der Waals surface area contributed by atoms with Gasteiger partial charge >= 0.3 is 5.97 Å². The lowest BCUT2D eigenvalue weighted by molar-refractivity contribution is -0.146. The highest BCUT2D eigenvalue weighted by Crippen LogP contribution is 2.30. The van der Waals surface area contributed by atoms with E-state index in [2.05, 4.69) is 9.72 Å². The van der Waals surface area contributed by atoms with Crippen LogP contribution in [-0.2, 0) is 19.6 Å².